The molecule has 1 aromatic rings. The Hall–Kier alpha value is -0.770. The second-order valence-corrected chi connectivity index (χ2v) is 4.01. The Balaban J connectivity index is 2.80. The quantitative estimate of drug-likeness (QED) is 0.849. The maximum atomic E-state index is 11.0. The fourth-order valence-electron chi connectivity index (χ4n) is 1.25. The van der Waals surface area contributed by atoms with Crippen molar-refractivity contribution in [1.29, 1.82) is 0 Å². The van der Waals surface area contributed by atoms with E-state index in [0.29, 0.717) is 16.5 Å². The third kappa shape index (κ3) is 3.38. The Bertz CT molecular complexity index is 368. The summed E-state index contributed by atoms with van der Waals surface area (Å²) in [5, 5.41) is 3.81. The van der Waals surface area contributed by atoms with Crippen molar-refractivity contribution in [1.82, 2.24) is 5.32 Å². The number of carbonyl (C=O) groups excluding carboxylic acids is 1. The fraction of sp³-hybridized carbons (Fsp3) is 0.300. The maximum absolute atomic E-state index is 11.0. The number of likely N-dealkylation sites (N-methyl/N-ethyl adjacent to an activating group) is 1. The molecule has 0 unspecified atom stereocenters. The van der Waals surface area contributed by atoms with Crippen molar-refractivity contribution in [2.45, 2.75) is 12.5 Å². The van der Waals surface area contributed by atoms with Gasteiger partial charge in [0.05, 0.1) is 16.1 Å². The van der Waals surface area contributed by atoms with E-state index in [1.54, 1.807) is 19.2 Å². The Labute approximate surface area is 98.5 Å². The molecule has 0 aromatic heterocycles. The zero-order chi connectivity index (χ0) is 11.4. The van der Waals surface area contributed by atoms with Crippen LogP contribution in [0.5, 0.6) is 0 Å². The predicted octanol–water partition coefficient (Wildman–Crippen LogP) is 1.61. The molecule has 82 valence electrons. The number of carbonyl (C=O) groups is 1. The molecule has 3 N–H and O–H groups in total. The Morgan fingerprint density at radius 3 is 2.60 bits per heavy atom. The molecule has 0 spiro atoms. The van der Waals surface area contributed by atoms with E-state index >= 15 is 0 Å². The summed E-state index contributed by atoms with van der Waals surface area (Å²) in [5.74, 6) is -0.386. The molecule has 0 radical (unpaired) electrons. The molecule has 5 heteroatoms. The van der Waals surface area contributed by atoms with Gasteiger partial charge < -0.3 is 11.1 Å². The van der Waals surface area contributed by atoms with Gasteiger partial charge in [0.2, 0.25) is 5.91 Å². The summed E-state index contributed by atoms with van der Waals surface area (Å²) >= 11 is 11.6. The minimum atomic E-state index is -0.387. The van der Waals surface area contributed by atoms with Gasteiger partial charge in [-0.15, -0.1) is 0 Å². The standard InChI is InChI=1S/C10H12Cl2N2O/c1-14-9(10(13)15)5-6-2-3-7(11)8(12)4-6/h2-4,9,14H,5H2,1H3,(H2,13,15)/t9-/m0/s1. The van der Waals surface area contributed by atoms with Crippen molar-refractivity contribution < 1.29 is 4.79 Å². The number of nitrogens with one attached hydrogen (secondary N) is 1. The van der Waals surface area contributed by atoms with Crippen molar-refractivity contribution in [3.8, 4) is 0 Å². The SMILES string of the molecule is CN[C@@H](Cc1ccc(Cl)c(Cl)c1)C(N)=O. The van der Waals surface area contributed by atoms with Crippen LogP contribution in [0.4, 0.5) is 0 Å². The number of nitrogens with two attached hydrogens (primary N) is 1. The summed E-state index contributed by atoms with van der Waals surface area (Å²) in [6, 6.07) is 4.87. The van der Waals surface area contributed by atoms with Crippen molar-refractivity contribution in [3.05, 3.63) is 33.8 Å². The number of rotatable bonds is 4. The van der Waals surface area contributed by atoms with Crippen molar-refractivity contribution in [2.24, 2.45) is 5.73 Å². The van der Waals surface area contributed by atoms with Gasteiger partial charge in [-0.05, 0) is 31.2 Å². The van der Waals surface area contributed by atoms with Gasteiger partial charge in [-0.25, -0.2) is 0 Å². The molecular weight excluding hydrogens is 235 g/mol. The van der Waals surface area contributed by atoms with Gasteiger partial charge in [0.15, 0.2) is 0 Å². The molecule has 1 rings (SSSR count). The van der Waals surface area contributed by atoms with E-state index < -0.39 is 0 Å². The molecule has 0 fully saturated rings. The largest absolute Gasteiger partial charge is 0.368 e. The van der Waals surface area contributed by atoms with Gasteiger partial charge in [0, 0.05) is 0 Å². The summed E-state index contributed by atoms with van der Waals surface area (Å²) in [5.41, 5.74) is 6.12. The van der Waals surface area contributed by atoms with E-state index in [1.807, 2.05) is 6.07 Å². The molecule has 3 nitrogen and oxygen atoms in total. The van der Waals surface area contributed by atoms with Crippen LogP contribution < -0.4 is 11.1 Å². The molecule has 0 aliphatic heterocycles. The highest BCUT2D eigenvalue weighted by Crippen LogP contribution is 2.23. The second-order valence-electron chi connectivity index (χ2n) is 3.20. The fourth-order valence-corrected chi connectivity index (χ4v) is 1.57. The molecule has 1 atom stereocenters. The van der Waals surface area contributed by atoms with Crippen LogP contribution in [0, 0.1) is 0 Å². The summed E-state index contributed by atoms with van der Waals surface area (Å²) < 4.78 is 0. The van der Waals surface area contributed by atoms with Crippen LogP contribution in [-0.4, -0.2) is 19.0 Å². The highest BCUT2D eigenvalue weighted by molar-refractivity contribution is 6.42. The minimum Gasteiger partial charge on any atom is -0.368 e. The zero-order valence-electron chi connectivity index (χ0n) is 8.26. The van der Waals surface area contributed by atoms with E-state index in [9.17, 15) is 4.79 Å². The molecular formula is C10H12Cl2N2O. The Morgan fingerprint density at radius 1 is 1.47 bits per heavy atom. The zero-order valence-corrected chi connectivity index (χ0v) is 9.77. The number of halogens is 2. The minimum absolute atomic E-state index is 0.386. The van der Waals surface area contributed by atoms with Crippen molar-refractivity contribution >= 4 is 29.1 Å². The summed E-state index contributed by atoms with van der Waals surface area (Å²) in [6.45, 7) is 0. The predicted molar refractivity (Wildman–Crippen MR) is 62.2 cm³/mol. The van der Waals surface area contributed by atoms with Crippen LogP contribution in [0.1, 0.15) is 5.56 Å². The molecule has 0 aliphatic rings. The summed E-state index contributed by atoms with van der Waals surface area (Å²) in [6.07, 6.45) is 0.503. The molecule has 15 heavy (non-hydrogen) atoms. The topological polar surface area (TPSA) is 55.1 Å². The first-order valence-corrected chi connectivity index (χ1v) is 5.20. The highest BCUT2D eigenvalue weighted by atomic mass is 35.5. The number of hydrogen-bond acceptors (Lipinski definition) is 2. The summed E-state index contributed by atoms with van der Waals surface area (Å²) in [7, 11) is 1.69. The highest BCUT2D eigenvalue weighted by Gasteiger charge is 2.13. The lowest BCUT2D eigenvalue weighted by atomic mass is 10.1. The number of hydrogen-bond donors (Lipinski definition) is 2. The molecule has 0 saturated carbocycles. The lowest BCUT2D eigenvalue weighted by Crippen LogP contribution is -2.40. The van der Waals surface area contributed by atoms with Crippen molar-refractivity contribution in [2.75, 3.05) is 7.05 Å². The van der Waals surface area contributed by atoms with Gasteiger partial charge in [-0.2, -0.15) is 0 Å². The van der Waals surface area contributed by atoms with Gasteiger partial charge in [0.1, 0.15) is 0 Å². The number of benzene rings is 1. The molecule has 0 aliphatic carbocycles. The Morgan fingerprint density at radius 2 is 2.13 bits per heavy atom. The average molecular weight is 247 g/mol. The van der Waals surface area contributed by atoms with Crippen LogP contribution in [0.3, 0.4) is 0 Å². The van der Waals surface area contributed by atoms with Gasteiger partial charge in [0.25, 0.3) is 0 Å². The lowest BCUT2D eigenvalue weighted by molar-refractivity contribution is -0.119. The second kappa shape index (κ2) is 5.35. The average Bonchev–Trinajstić information content (AvgIpc) is 2.19. The molecule has 0 saturated heterocycles. The van der Waals surface area contributed by atoms with E-state index in [0.717, 1.165) is 5.56 Å². The van der Waals surface area contributed by atoms with E-state index in [4.69, 9.17) is 28.9 Å². The summed E-state index contributed by atoms with van der Waals surface area (Å²) in [4.78, 5) is 11.0. The van der Waals surface area contributed by atoms with Crippen LogP contribution in [0.25, 0.3) is 0 Å². The van der Waals surface area contributed by atoms with Crippen LogP contribution in [0.2, 0.25) is 10.0 Å². The third-order valence-corrected chi connectivity index (χ3v) is 2.85. The molecule has 0 bridgehead atoms. The van der Waals surface area contributed by atoms with E-state index in [-0.39, 0.29) is 11.9 Å². The Kier molecular flexibility index (Phi) is 4.39. The van der Waals surface area contributed by atoms with E-state index in [1.165, 1.54) is 0 Å². The van der Waals surface area contributed by atoms with Gasteiger partial charge in [-0.3, -0.25) is 4.79 Å². The monoisotopic (exact) mass is 246 g/mol. The maximum Gasteiger partial charge on any atom is 0.234 e. The smallest absolute Gasteiger partial charge is 0.234 e. The van der Waals surface area contributed by atoms with Crippen molar-refractivity contribution in [3.63, 3.8) is 0 Å². The number of amides is 1. The number of primary amides is 1. The van der Waals surface area contributed by atoms with Crippen LogP contribution in [0.15, 0.2) is 18.2 Å². The molecule has 0 heterocycles. The van der Waals surface area contributed by atoms with E-state index in [2.05, 4.69) is 5.32 Å². The third-order valence-electron chi connectivity index (χ3n) is 2.12. The first-order chi connectivity index (χ1) is 7.04. The first-order valence-electron chi connectivity index (χ1n) is 4.45. The van der Waals surface area contributed by atoms with Gasteiger partial charge >= 0.3 is 0 Å². The van der Waals surface area contributed by atoms with Crippen LogP contribution >= 0.6 is 23.2 Å². The lowest BCUT2D eigenvalue weighted by Gasteiger charge is -2.12. The van der Waals surface area contributed by atoms with Gasteiger partial charge in [-0.1, -0.05) is 29.3 Å². The normalized spacial score (nSPS) is 12.5. The first kappa shape index (κ1) is 12.3. The molecule has 1 amide bonds. The van der Waals surface area contributed by atoms with Crippen LogP contribution in [-0.2, 0) is 11.2 Å². The molecule has 1 aromatic carbocycles.